The molecule has 0 aliphatic carbocycles. The molecule has 1 fully saturated rings. The zero-order chi connectivity index (χ0) is 30.6. The number of methoxy groups -OCH3 is 1. The summed E-state index contributed by atoms with van der Waals surface area (Å²) in [6.45, 7) is 3.58. The summed E-state index contributed by atoms with van der Waals surface area (Å²) in [5.41, 5.74) is 2.67. The number of ether oxygens (including phenoxy) is 3. The minimum atomic E-state index is -0.871. The Balaban J connectivity index is 1.15. The van der Waals surface area contributed by atoms with Crippen LogP contribution in [0.3, 0.4) is 0 Å². The predicted molar refractivity (Wildman–Crippen MR) is 171 cm³/mol. The molecule has 5 rings (SSSR count). The normalized spacial score (nSPS) is 14.0. The lowest BCUT2D eigenvalue weighted by atomic mass is 10.2. The molecule has 1 aliphatic rings. The molecule has 1 heterocycles. The van der Waals surface area contributed by atoms with Crippen molar-refractivity contribution in [1.82, 2.24) is 10.2 Å². The maximum absolute atomic E-state index is 13.3. The van der Waals surface area contributed by atoms with Crippen LogP contribution in [-0.2, 0) is 20.9 Å². The van der Waals surface area contributed by atoms with E-state index in [2.05, 4.69) is 26.5 Å². The minimum absolute atomic E-state index is 0.0330. The Kier molecular flexibility index (Phi) is 10.8. The van der Waals surface area contributed by atoms with Crippen LogP contribution in [0.1, 0.15) is 5.56 Å². The SMILES string of the molecule is COc1cccc(N2CCN(CC(=O)N[C@@H](COCc3ccccc3)C(=O)Nc3ccc(Oc4ccccc4)cc3)CC2)c1. The number of hydrogen-bond donors (Lipinski definition) is 2. The van der Waals surface area contributed by atoms with Gasteiger partial charge in [0.25, 0.3) is 0 Å². The zero-order valence-electron chi connectivity index (χ0n) is 24.9. The second-order valence-electron chi connectivity index (χ2n) is 10.5. The van der Waals surface area contributed by atoms with Gasteiger partial charge in [-0.3, -0.25) is 14.5 Å². The molecule has 0 saturated carbocycles. The van der Waals surface area contributed by atoms with E-state index in [0.29, 0.717) is 18.0 Å². The van der Waals surface area contributed by atoms with Gasteiger partial charge in [0.2, 0.25) is 11.8 Å². The highest BCUT2D eigenvalue weighted by Gasteiger charge is 2.24. The molecular weight excluding hydrogens is 556 g/mol. The van der Waals surface area contributed by atoms with Gasteiger partial charge in [0.05, 0.1) is 26.9 Å². The molecule has 9 nitrogen and oxygen atoms in total. The molecule has 0 spiro atoms. The summed E-state index contributed by atoms with van der Waals surface area (Å²) in [6.07, 6.45) is 0. The monoisotopic (exact) mass is 594 g/mol. The molecule has 1 atom stereocenters. The number of piperazine rings is 1. The summed E-state index contributed by atoms with van der Waals surface area (Å²) in [4.78, 5) is 30.8. The van der Waals surface area contributed by atoms with Crippen LogP contribution in [0, 0.1) is 0 Å². The summed E-state index contributed by atoms with van der Waals surface area (Å²) in [6, 6.07) is 33.4. The summed E-state index contributed by atoms with van der Waals surface area (Å²) in [5.74, 6) is 1.61. The van der Waals surface area contributed by atoms with Crippen molar-refractivity contribution in [2.75, 3.05) is 56.7 Å². The molecule has 228 valence electrons. The van der Waals surface area contributed by atoms with Crippen molar-refractivity contribution in [3.05, 3.63) is 115 Å². The second-order valence-corrected chi connectivity index (χ2v) is 10.5. The highest BCUT2D eigenvalue weighted by molar-refractivity contribution is 5.97. The van der Waals surface area contributed by atoms with E-state index in [1.807, 2.05) is 78.9 Å². The molecule has 4 aromatic rings. The quantitative estimate of drug-likeness (QED) is 0.226. The molecular formula is C35H38N4O5. The van der Waals surface area contributed by atoms with Gasteiger partial charge in [-0.2, -0.15) is 0 Å². The highest BCUT2D eigenvalue weighted by Crippen LogP contribution is 2.23. The lowest BCUT2D eigenvalue weighted by Crippen LogP contribution is -2.53. The number of benzene rings is 4. The predicted octanol–water partition coefficient (Wildman–Crippen LogP) is 4.95. The Morgan fingerprint density at radius 3 is 2.14 bits per heavy atom. The molecule has 2 N–H and O–H groups in total. The molecule has 1 saturated heterocycles. The van der Waals surface area contributed by atoms with Crippen LogP contribution < -0.4 is 25.0 Å². The molecule has 0 bridgehead atoms. The van der Waals surface area contributed by atoms with Gasteiger partial charge in [0, 0.05) is 43.6 Å². The van der Waals surface area contributed by atoms with E-state index in [4.69, 9.17) is 14.2 Å². The van der Waals surface area contributed by atoms with E-state index in [-0.39, 0.29) is 25.0 Å². The number of anilines is 2. The number of hydrogen-bond acceptors (Lipinski definition) is 7. The Labute approximate surface area is 258 Å². The molecule has 1 aliphatic heterocycles. The molecule has 0 radical (unpaired) electrons. The molecule has 4 aromatic carbocycles. The first kappa shape index (κ1) is 30.6. The number of rotatable bonds is 13. The summed E-state index contributed by atoms with van der Waals surface area (Å²) in [5, 5.41) is 5.80. The molecule has 44 heavy (non-hydrogen) atoms. The fraction of sp³-hybridized carbons (Fsp3) is 0.257. The second kappa shape index (κ2) is 15.6. The Bertz CT molecular complexity index is 1480. The van der Waals surface area contributed by atoms with Gasteiger partial charge < -0.3 is 29.7 Å². The molecule has 0 unspecified atom stereocenters. The topological polar surface area (TPSA) is 92.4 Å². The van der Waals surface area contributed by atoms with Crippen molar-refractivity contribution in [3.8, 4) is 17.2 Å². The summed E-state index contributed by atoms with van der Waals surface area (Å²) in [7, 11) is 1.66. The number of nitrogens with zero attached hydrogens (tertiary/aromatic N) is 2. The van der Waals surface area contributed by atoms with E-state index >= 15 is 0 Å². The van der Waals surface area contributed by atoms with Crippen molar-refractivity contribution in [2.45, 2.75) is 12.6 Å². The Hall–Kier alpha value is -4.86. The van der Waals surface area contributed by atoms with E-state index in [9.17, 15) is 9.59 Å². The third-order valence-corrected chi connectivity index (χ3v) is 7.31. The van der Waals surface area contributed by atoms with Gasteiger partial charge in [-0.05, 0) is 54.1 Å². The number of nitrogens with one attached hydrogen (secondary N) is 2. The Morgan fingerprint density at radius 2 is 1.43 bits per heavy atom. The number of para-hydroxylation sites is 1. The van der Waals surface area contributed by atoms with E-state index in [0.717, 1.165) is 48.9 Å². The van der Waals surface area contributed by atoms with Gasteiger partial charge >= 0.3 is 0 Å². The fourth-order valence-electron chi connectivity index (χ4n) is 4.93. The largest absolute Gasteiger partial charge is 0.497 e. The van der Waals surface area contributed by atoms with Crippen molar-refractivity contribution >= 4 is 23.2 Å². The van der Waals surface area contributed by atoms with Crippen LogP contribution in [0.25, 0.3) is 0 Å². The molecule has 9 heteroatoms. The average Bonchev–Trinajstić information content (AvgIpc) is 3.06. The van der Waals surface area contributed by atoms with Gasteiger partial charge in [-0.15, -0.1) is 0 Å². The first-order valence-corrected chi connectivity index (χ1v) is 14.7. The van der Waals surface area contributed by atoms with Crippen LogP contribution in [0.5, 0.6) is 17.2 Å². The maximum Gasteiger partial charge on any atom is 0.249 e. The lowest BCUT2D eigenvalue weighted by molar-refractivity contribution is -0.128. The maximum atomic E-state index is 13.3. The number of carbonyl (C=O) groups excluding carboxylic acids is 2. The lowest BCUT2D eigenvalue weighted by Gasteiger charge is -2.36. The van der Waals surface area contributed by atoms with Crippen molar-refractivity contribution < 1.29 is 23.8 Å². The standard InChI is InChI=1S/C35H38N4O5/c1-42-32-14-8-11-29(23-32)39-21-19-38(20-22-39)24-34(40)37-33(26-43-25-27-9-4-2-5-10-27)35(41)36-28-15-17-31(18-16-28)44-30-12-6-3-7-13-30/h2-18,23,33H,19-22,24-26H2,1H3,(H,36,41)(H,37,40)/t33-/m0/s1. The van der Waals surface area contributed by atoms with Gasteiger partial charge in [-0.25, -0.2) is 0 Å². The smallest absolute Gasteiger partial charge is 0.249 e. The minimum Gasteiger partial charge on any atom is -0.497 e. The van der Waals surface area contributed by atoms with E-state index in [1.54, 1.807) is 31.4 Å². The van der Waals surface area contributed by atoms with Crippen LogP contribution in [0.2, 0.25) is 0 Å². The first-order chi connectivity index (χ1) is 21.6. The summed E-state index contributed by atoms with van der Waals surface area (Å²) < 4.78 is 17.1. The number of amides is 2. The van der Waals surface area contributed by atoms with Crippen molar-refractivity contribution in [2.24, 2.45) is 0 Å². The van der Waals surface area contributed by atoms with Gasteiger partial charge in [0.1, 0.15) is 23.3 Å². The third kappa shape index (κ3) is 9.07. The molecule has 2 amide bonds. The van der Waals surface area contributed by atoms with E-state index in [1.165, 1.54) is 0 Å². The molecule has 0 aromatic heterocycles. The average molecular weight is 595 g/mol. The summed E-state index contributed by atoms with van der Waals surface area (Å²) >= 11 is 0. The van der Waals surface area contributed by atoms with Gasteiger partial charge in [0.15, 0.2) is 0 Å². The highest BCUT2D eigenvalue weighted by atomic mass is 16.5. The third-order valence-electron chi connectivity index (χ3n) is 7.31. The zero-order valence-corrected chi connectivity index (χ0v) is 24.9. The van der Waals surface area contributed by atoms with Crippen LogP contribution in [-0.4, -0.2) is 69.2 Å². The first-order valence-electron chi connectivity index (χ1n) is 14.7. The van der Waals surface area contributed by atoms with E-state index < -0.39 is 6.04 Å². The van der Waals surface area contributed by atoms with Crippen LogP contribution in [0.4, 0.5) is 11.4 Å². The van der Waals surface area contributed by atoms with Crippen LogP contribution in [0.15, 0.2) is 109 Å². The van der Waals surface area contributed by atoms with Crippen molar-refractivity contribution in [3.63, 3.8) is 0 Å². The van der Waals surface area contributed by atoms with Crippen molar-refractivity contribution in [1.29, 1.82) is 0 Å². The van der Waals surface area contributed by atoms with Crippen LogP contribution >= 0.6 is 0 Å². The van der Waals surface area contributed by atoms with Gasteiger partial charge in [-0.1, -0.05) is 54.6 Å². The Morgan fingerprint density at radius 1 is 0.773 bits per heavy atom. The fourth-order valence-corrected chi connectivity index (χ4v) is 4.93. The number of carbonyl (C=O) groups is 2.